The van der Waals surface area contributed by atoms with Gasteiger partial charge in [0.15, 0.2) is 11.5 Å². The first kappa shape index (κ1) is 18.4. The molecule has 0 aliphatic carbocycles. The maximum atomic E-state index is 9.87. The molecule has 2 rings (SSSR count). The van der Waals surface area contributed by atoms with Gasteiger partial charge in [0.25, 0.3) is 0 Å². The second-order valence-electron chi connectivity index (χ2n) is 6.40. The predicted molar refractivity (Wildman–Crippen MR) is 101 cm³/mol. The summed E-state index contributed by atoms with van der Waals surface area (Å²) in [5.41, 5.74) is 1.21. The Kier molecular flexibility index (Phi) is 8.23. The van der Waals surface area contributed by atoms with Crippen LogP contribution in [0.15, 0.2) is 48.5 Å². The van der Waals surface area contributed by atoms with E-state index in [1.54, 1.807) is 18.2 Å². The molecule has 0 aliphatic rings. The highest BCUT2D eigenvalue weighted by molar-refractivity contribution is 5.44. The number of para-hydroxylation sites is 3. The summed E-state index contributed by atoms with van der Waals surface area (Å²) in [7, 11) is 0. The van der Waals surface area contributed by atoms with Crippen LogP contribution in [-0.4, -0.2) is 5.11 Å². The van der Waals surface area contributed by atoms with Crippen molar-refractivity contribution >= 4 is 0 Å². The minimum absolute atomic E-state index is 0.180. The summed E-state index contributed by atoms with van der Waals surface area (Å²) in [6.45, 7) is 2.26. The van der Waals surface area contributed by atoms with Crippen LogP contribution >= 0.6 is 0 Å². The van der Waals surface area contributed by atoms with E-state index in [9.17, 15) is 5.11 Å². The standard InChI is InChI=1S/C22H30O2/c1-2-3-4-5-6-7-8-9-14-19-15-10-12-17-21(19)24-22-18-13-11-16-20(22)23/h10-13,15-18,23H,2-9,14H2,1H3. The van der Waals surface area contributed by atoms with E-state index in [0.29, 0.717) is 5.75 Å². The Morgan fingerprint density at radius 2 is 1.29 bits per heavy atom. The molecular formula is C22H30O2. The molecule has 2 nitrogen and oxygen atoms in total. The van der Waals surface area contributed by atoms with Crippen LogP contribution in [0.25, 0.3) is 0 Å². The normalized spacial score (nSPS) is 10.7. The molecule has 0 unspecified atom stereocenters. The Morgan fingerprint density at radius 1 is 0.708 bits per heavy atom. The molecule has 24 heavy (non-hydrogen) atoms. The third-order valence-corrected chi connectivity index (χ3v) is 4.36. The van der Waals surface area contributed by atoms with Gasteiger partial charge < -0.3 is 9.84 Å². The van der Waals surface area contributed by atoms with Gasteiger partial charge in [-0.15, -0.1) is 0 Å². The second-order valence-corrected chi connectivity index (χ2v) is 6.40. The van der Waals surface area contributed by atoms with E-state index in [4.69, 9.17) is 4.74 Å². The number of hydrogen-bond donors (Lipinski definition) is 1. The first-order valence-electron chi connectivity index (χ1n) is 9.35. The molecule has 0 heterocycles. The molecule has 0 atom stereocenters. The van der Waals surface area contributed by atoms with Crippen molar-refractivity contribution in [3.8, 4) is 17.2 Å². The molecule has 0 aromatic heterocycles. The van der Waals surface area contributed by atoms with E-state index in [0.717, 1.165) is 12.2 Å². The smallest absolute Gasteiger partial charge is 0.169 e. The quantitative estimate of drug-likeness (QED) is 0.457. The van der Waals surface area contributed by atoms with Crippen molar-refractivity contribution in [3.05, 3.63) is 54.1 Å². The van der Waals surface area contributed by atoms with Crippen LogP contribution in [0.4, 0.5) is 0 Å². The molecule has 0 saturated carbocycles. The lowest BCUT2D eigenvalue weighted by molar-refractivity contribution is 0.408. The summed E-state index contributed by atoms with van der Waals surface area (Å²) < 4.78 is 5.91. The molecule has 0 bridgehead atoms. The Bertz CT molecular complexity index is 592. The number of aromatic hydroxyl groups is 1. The first-order valence-corrected chi connectivity index (χ1v) is 9.35. The summed E-state index contributed by atoms with van der Waals surface area (Å²) in [6, 6.07) is 15.2. The van der Waals surface area contributed by atoms with Crippen molar-refractivity contribution in [2.24, 2.45) is 0 Å². The summed E-state index contributed by atoms with van der Waals surface area (Å²) in [5, 5.41) is 9.87. The van der Waals surface area contributed by atoms with Crippen LogP contribution in [0.5, 0.6) is 17.2 Å². The first-order chi connectivity index (χ1) is 11.8. The van der Waals surface area contributed by atoms with Crippen LogP contribution in [0.3, 0.4) is 0 Å². The fraction of sp³-hybridized carbons (Fsp3) is 0.455. The van der Waals surface area contributed by atoms with Crippen LogP contribution in [-0.2, 0) is 6.42 Å². The summed E-state index contributed by atoms with van der Waals surface area (Å²) in [4.78, 5) is 0. The third-order valence-electron chi connectivity index (χ3n) is 4.36. The van der Waals surface area contributed by atoms with Gasteiger partial charge in [0, 0.05) is 0 Å². The SMILES string of the molecule is CCCCCCCCCCc1ccccc1Oc1ccccc1O. The topological polar surface area (TPSA) is 29.5 Å². The molecule has 2 heteroatoms. The van der Waals surface area contributed by atoms with E-state index < -0.39 is 0 Å². The summed E-state index contributed by atoms with van der Waals surface area (Å²) in [5.74, 6) is 1.54. The Balaban J connectivity index is 1.78. The highest BCUT2D eigenvalue weighted by atomic mass is 16.5. The maximum Gasteiger partial charge on any atom is 0.169 e. The van der Waals surface area contributed by atoms with Gasteiger partial charge in [-0.25, -0.2) is 0 Å². The Hall–Kier alpha value is -1.96. The molecule has 1 N–H and O–H groups in total. The van der Waals surface area contributed by atoms with E-state index in [2.05, 4.69) is 19.1 Å². The lowest BCUT2D eigenvalue weighted by Crippen LogP contribution is -1.93. The van der Waals surface area contributed by atoms with Crippen LogP contribution < -0.4 is 4.74 Å². The molecule has 130 valence electrons. The number of unbranched alkanes of at least 4 members (excludes halogenated alkanes) is 7. The minimum Gasteiger partial charge on any atom is -0.504 e. The van der Waals surface area contributed by atoms with Crippen LogP contribution in [0.2, 0.25) is 0 Å². The molecule has 0 aliphatic heterocycles. The second kappa shape index (κ2) is 10.7. The van der Waals surface area contributed by atoms with Crippen molar-refractivity contribution in [1.82, 2.24) is 0 Å². The average Bonchev–Trinajstić information content (AvgIpc) is 2.60. The average molecular weight is 326 g/mol. The van der Waals surface area contributed by atoms with E-state index in [1.165, 1.54) is 56.9 Å². The molecule has 0 spiro atoms. The number of phenolic OH excluding ortho intramolecular Hbond substituents is 1. The lowest BCUT2D eigenvalue weighted by atomic mass is 10.0. The monoisotopic (exact) mass is 326 g/mol. The van der Waals surface area contributed by atoms with Crippen molar-refractivity contribution < 1.29 is 9.84 Å². The van der Waals surface area contributed by atoms with E-state index in [1.807, 2.05) is 18.2 Å². The summed E-state index contributed by atoms with van der Waals surface area (Å²) in [6.07, 6.45) is 11.6. The molecule has 2 aromatic rings. The zero-order chi connectivity index (χ0) is 17.0. The number of ether oxygens (including phenoxy) is 1. The number of benzene rings is 2. The van der Waals surface area contributed by atoms with Gasteiger partial charge in [0.1, 0.15) is 5.75 Å². The van der Waals surface area contributed by atoms with E-state index in [-0.39, 0.29) is 5.75 Å². The lowest BCUT2D eigenvalue weighted by Gasteiger charge is -2.12. The number of aryl methyl sites for hydroxylation is 1. The van der Waals surface area contributed by atoms with Crippen molar-refractivity contribution in [3.63, 3.8) is 0 Å². The van der Waals surface area contributed by atoms with Crippen LogP contribution in [0, 0.1) is 0 Å². The van der Waals surface area contributed by atoms with E-state index >= 15 is 0 Å². The fourth-order valence-corrected chi connectivity index (χ4v) is 2.92. The number of phenols is 1. The molecule has 0 radical (unpaired) electrons. The molecule has 0 amide bonds. The predicted octanol–water partition coefficient (Wildman–Crippen LogP) is 6.87. The third kappa shape index (κ3) is 6.27. The maximum absolute atomic E-state index is 9.87. The summed E-state index contributed by atoms with van der Waals surface area (Å²) >= 11 is 0. The Morgan fingerprint density at radius 3 is 2.00 bits per heavy atom. The minimum atomic E-state index is 0.180. The van der Waals surface area contributed by atoms with Gasteiger partial charge >= 0.3 is 0 Å². The number of hydrogen-bond acceptors (Lipinski definition) is 2. The van der Waals surface area contributed by atoms with Gasteiger partial charge in [-0.3, -0.25) is 0 Å². The zero-order valence-corrected chi connectivity index (χ0v) is 14.8. The molecule has 0 saturated heterocycles. The Labute approximate surface area is 146 Å². The van der Waals surface area contributed by atoms with Crippen LogP contribution in [0.1, 0.15) is 63.9 Å². The zero-order valence-electron chi connectivity index (χ0n) is 14.8. The van der Waals surface area contributed by atoms with Crippen molar-refractivity contribution in [2.75, 3.05) is 0 Å². The number of rotatable bonds is 11. The van der Waals surface area contributed by atoms with Gasteiger partial charge in [-0.2, -0.15) is 0 Å². The molecule has 2 aromatic carbocycles. The van der Waals surface area contributed by atoms with Crippen molar-refractivity contribution in [1.29, 1.82) is 0 Å². The van der Waals surface area contributed by atoms with Gasteiger partial charge in [-0.1, -0.05) is 82.2 Å². The highest BCUT2D eigenvalue weighted by Gasteiger charge is 2.07. The van der Waals surface area contributed by atoms with Gasteiger partial charge in [0.2, 0.25) is 0 Å². The highest BCUT2D eigenvalue weighted by Crippen LogP contribution is 2.32. The van der Waals surface area contributed by atoms with Gasteiger partial charge in [-0.05, 0) is 36.6 Å². The fourth-order valence-electron chi connectivity index (χ4n) is 2.92. The van der Waals surface area contributed by atoms with Crippen molar-refractivity contribution in [2.45, 2.75) is 64.7 Å². The molecular weight excluding hydrogens is 296 g/mol. The largest absolute Gasteiger partial charge is 0.504 e. The molecule has 0 fully saturated rings. The van der Waals surface area contributed by atoms with Gasteiger partial charge in [0.05, 0.1) is 0 Å².